The fraction of sp³-hybridized carbons (Fsp3) is 0.222. The first-order valence-electron chi connectivity index (χ1n) is 7.23. The topological polar surface area (TPSA) is 62.5 Å². The lowest BCUT2D eigenvalue weighted by molar-refractivity contribution is -0.131. The molecule has 0 aliphatic carbocycles. The molecule has 1 amide bonds. The Kier molecular flexibility index (Phi) is 4.69. The summed E-state index contributed by atoms with van der Waals surface area (Å²) in [6.07, 6.45) is 2.72. The van der Waals surface area contributed by atoms with Gasteiger partial charge in [0.15, 0.2) is 0 Å². The van der Waals surface area contributed by atoms with Crippen LogP contribution in [-0.2, 0) is 4.79 Å². The predicted molar refractivity (Wildman–Crippen MR) is 89.9 cm³/mol. The van der Waals surface area contributed by atoms with Gasteiger partial charge in [0.1, 0.15) is 0 Å². The van der Waals surface area contributed by atoms with Crippen LogP contribution in [0.5, 0.6) is 0 Å². The van der Waals surface area contributed by atoms with E-state index in [9.17, 15) is 9.59 Å². The molecule has 0 radical (unpaired) electrons. The highest BCUT2D eigenvalue weighted by atomic mass is 16.4. The van der Waals surface area contributed by atoms with Crippen molar-refractivity contribution in [1.29, 1.82) is 0 Å². The quantitative estimate of drug-likeness (QED) is 0.883. The van der Waals surface area contributed by atoms with E-state index in [2.05, 4.69) is 0 Å². The minimum atomic E-state index is -0.971. The molecule has 2 rings (SSSR count). The summed E-state index contributed by atoms with van der Waals surface area (Å²) in [6.45, 7) is 3.90. The van der Waals surface area contributed by atoms with Crippen molar-refractivity contribution in [2.75, 3.05) is 14.1 Å². The van der Waals surface area contributed by atoms with E-state index in [0.29, 0.717) is 5.56 Å². The van der Waals surface area contributed by atoms with E-state index in [1.54, 1.807) is 32.3 Å². The van der Waals surface area contributed by atoms with Crippen molar-refractivity contribution in [3.05, 3.63) is 58.9 Å². The molecule has 0 fully saturated rings. The van der Waals surface area contributed by atoms with Gasteiger partial charge in [-0.15, -0.1) is 0 Å². The lowest BCUT2D eigenvalue weighted by atomic mass is 10.2. The highest BCUT2D eigenvalue weighted by molar-refractivity contribution is 5.94. The third-order valence-electron chi connectivity index (χ3n) is 3.65. The minimum absolute atomic E-state index is 0.0393. The number of hydrogen-bond donors (Lipinski definition) is 1. The largest absolute Gasteiger partial charge is 0.478 e. The maximum Gasteiger partial charge on any atom is 0.328 e. The van der Waals surface area contributed by atoms with Crippen LogP contribution >= 0.6 is 0 Å². The number of nitrogens with zero attached hydrogens (tertiary/aromatic N) is 2. The highest BCUT2D eigenvalue weighted by Crippen LogP contribution is 2.22. The molecule has 2 aromatic rings. The van der Waals surface area contributed by atoms with Gasteiger partial charge in [0.05, 0.1) is 0 Å². The molecule has 0 unspecified atom stereocenters. The Balaban J connectivity index is 2.39. The van der Waals surface area contributed by atoms with Crippen molar-refractivity contribution in [3.63, 3.8) is 0 Å². The fourth-order valence-corrected chi connectivity index (χ4v) is 2.53. The molecule has 23 heavy (non-hydrogen) atoms. The van der Waals surface area contributed by atoms with Crippen LogP contribution in [0.25, 0.3) is 11.8 Å². The molecule has 0 aliphatic heterocycles. The van der Waals surface area contributed by atoms with Crippen LogP contribution in [0.4, 0.5) is 0 Å². The van der Waals surface area contributed by atoms with Gasteiger partial charge in [-0.2, -0.15) is 0 Å². The Bertz CT molecular complexity index is 768. The van der Waals surface area contributed by atoms with Crippen LogP contribution in [-0.4, -0.2) is 40.5 Å². The zero-order valence-electron chi connectivity index (χ0n) is 13.7. The molecule has 0 bridgehead atoms. The first kappa shape index (κ1) is 16.5. The monoisotopic (exact) mass is 312 g/mol. The number of carbonyl (C=O) groups is 2. The molecule has 1 aromatic carbocycles. The van der Waals surface area contributed by atoms with Crippen molar-refractivity contribution in [1.82, 2.24) is 9.47 Å². The second-order valence-corrected chi connectivity index (χ2v) is 5.58. The highest BCUT2D eigenvalue weighted by Gasteiger charge is 2.11. The van der Waals surface area contributed by atoms with Crippen molar-refractivity contribution >= 4 is 18.0 Å². The minimum Gasteiger partial charge on any atom is -0.478 e. The van der Waals surface area contributed by atoms with Crippen LogP contribution in [0.15, 0.2) is 36.4 Å². The summed E-state index contributed by atoms with van der Waals surface area (Å²) in [4.78, 5) is 24.1. The lowest BCUT2D eigenvalue weighted by Crippen LogP contribution is -2.21. The number of aromatic nitrogens is 1. The molecule has 0 saturated heterocycles. The number of aliphatic carboxylic acids is 1. The van der Waals surface area contributed by atoms with Crippen LogP contribution in [0.1, 0.15) is 27.3 Å². The average molecular weight is 312 g/mol. The van der Waals surface area contributed by atoms with Gasteiger partial charge in [-0.05, 0) is 55.8 Å². The number of aryl methyl sites for hydroxylation is 1. The summed E-state index contributed by atoms with van der Waals surface area (Å²) in [6, 6.07) is 9.31. The summed E-state index contributed by atoms with van der Waals surface area (Å²) >= 11 is 0. The second kappa shape index (κ2) is 6.52. The van der Waals surface area contributed by atoms with E-state index < -0.39 is 5.97 Å². The maximum absolute atomic E-state index is 11.9. The van der Waals surface area contributed by atoms with Gasteiger partial charge in [0.25, 0.3) is 5.91 Å². The van der Waals surface area contributed by atoms with Crippen molar-refractivity contribution < 1.29 is 14.7 Å². The second-order valence-electron chi connectivity index (χ2n) is 5.58. The Morgan fingerprint density at radius 1 is 1.13 bits per heavy atom. The molecule has 0 aliphatic rings. The smallest absolute Gasteiger partial charge is 0.328 e. The molecule has 120 valence electrons. The molecule has 0 saturated carbocycles. The number of benzene rings is 1. The number of carboxylic acids is 1. The van der Waals surface area contributed by atoms with Crippen LogP contribution in [0.3, 0.4) is 0 Å². The van der Waals surface area contributed by atoms with E-state index >= 15 is 0 Å². The molecule has 5 heteroatoms. The maximum atomic E-state index is 11.9. The SMILES string of the molecule is Cc1cc(/C=C/C(=O)O)c(C)n1-c1ccc(C(=O)N(C)C)cc1. The Morgan fingerprint density at radius 3 is 2.26 bits per heavy atom. The molecular formula is C18H20N2O3. The average Bonchev–Trinajstić information content (AvgIpc) is 2.79. The van der Waals surface area contributed by atoms with E-state index in [4.69, 9.17) is 5.11 Å². The van der Waals surface area contributed by atoms with Crippen LogP contribution < -0.4 is 0 Å². The first-order valence-corrected chi connectivity index (χ1v) is 7.23. The van der Waals surface area contributed by atoms with Gasteiger partial charge in [-0.3, -0.25) is 4.79 Å². The third kappa shape index (κ3) is 3.51. The van der Waals surface area contributed by atoms with E-state index in [1.165, 1.54) is 4.90 Å². The van der Waals surface area contributed by atoms with Crippen LogP contribution in [0, 0.1) is 13.8 Å². The summed E-state index contributed by atoms with van der Waals surface area (Å²) in [7, 11) is 3.44. The summed E-state index contributed by atoms with van der Waals surface area (Å²) < 4.78 is 2.03. The van der Waals surface area contributed by atoms with Gasteiger partial charge >= 0.3 is 5.97 Å². The molecular weight excluding hydrogens is 292 g/mol. The van der Waals surface area contributed by atoms with E-state index in [0.717, 1.165) is 28.7 Å². The predicted octanol–water partition coefficient (Wildman–Crippen LogP) is 2.89. The lowest BCUT2D eigenvalue weighted by Gasteiger charge is -2.13. The van der Waals surface area contributed by atoms with E-state index in [1.807, 2.05) is 36.6 Å². The Hall–Kier alpha value is -2.82. The normalized spacial score (nSPS) is 11.0. The zero-order valence-corrected chi connectivity index (χ0v) is 13.7. The number of amides is 1. The summed E-state index contributed by atoms with van der Waals surface area (Å²) in [5.41, 5.74) is 4.38. The molecule has 0 atom stereocenters. The summed E-state index contributed by atoms with van der Waals surface area (Å²) in [5, 5.41) is 8.76. The standard InChI is InChI=1S/C18H20N2O3/c1-12-11-15(7-10-17(21)22)13(2)20(12)16-8-5-14(6-9-16)18(23)19(3)4/h5-11H,1-4H3,(H,21,22)/b10-7+. The van der Waals surface area contributed by atoms with Crippen molar-refractivity contribution in [3.8, 4) is 5.69 Å². The van der Waals surface area contributed by atoms with Gasteiger partial charge in [0, 0.05) is 42.8 Å². The van der Waals surface area contributed by atoms with Crippen LogP contribution in [0.2, 0.25) is 0 Å². The number of carbonyl (C=O) groups excluding carboxylic acids is 1. The number of hydrogen-bond acceptors (Lipinski definition) is 2. The van der Waals surface area contributed by atoms with Gasteiger partial charge in [0.2, 0.25) is 0 Å². The van der Waals surface area contributed by atoms with Gasteiger partial charge in [-0.25, -0.2) is 4.79 Å². The van der Waals surface area contributed by atoms with Crippen molar-refractivity contribution in [2.45, 2.75) is 13.8 Å². The molecule has 0 spiro atoms. The Morgan fingerprint density at radius 2 is 1.74 bits per heavy atom. The zero-order chi connectivity index (χ0) is 17.1. The third-order valence-corrected chi connectivity index (χ3v) is 3.65. The Labute approximate surface area is 135 Å². The molecule has 1 aromatic heterocycles. The fourth-order valence-electron chi connectivity index (χ4n) is 2.53. The van der Waals surface area contributed by atoms with E-state index in [-0.39, 0.29) is 5.91 Å². The first-order chi connectivity index (χ1) is 10.8. The van der Waals surface area contributed by atoms with Gasteiger partial charge in [-0.1, -0.05) is 0 Å². The molecule has 5 nitrogen and oxygen atoms in total. The van der Waals surface area contributed by atoms with Gasteiger partial charge < -0.3 is 14.6 Å². The summed E-state index contributed by atoms with van der Waals surface area (Å²) in [5.74, 6) is -1.01. The molecule has 1 heterocycles. The number of carboxylic acid groups (broad SMARTS) is 1. The number of rotatable bonds is 4. The van der Waals surface area contributed by atoms with Crippen molar-refractivity contribution in [2.24, 2.45) is 0 Å². The molecule has 1 N–H and O–H groups in total.